The molecule has 2 fully saturated rings. The molecule has 6 nitrogen and oxygen atoms in total. The summed E-state index contributed by atoms with van der Waals surface area (Å²) in [5, 5.41) is 33.9. The van der Waals surface area contributed by atoms with E-state index < -0.39 is 34.1 Å². The fourth-order valence-corrected chi connectivity index (χ4v) is 7.60. The summed E-state index contributed by atoms with van der Waals surface area (Å²) in [4.78, 5) is 26.0. The lowest BCUT2D eigenvalue weighted by Gasteiger charge is -2.50. The number of rotatable bonds is 4. The molecule has 0 radical (unpaired) electrons. The van der Waals surface area contributed by atoms with Gasteiger partial charge in [-0.3, -0.25) is 9.59 Å². The minimum absolute atomic E-state index is 0.0136. The van der Waals surface area contributed by atoms with E-state index in [1.165, 1.54) is 0 Å². The fraction of sp³-hybridized carbons (Fsp3) is 0.571. The maximum Gasteiger partial charge on any atom is 0.310 e. The summed E-state index contributed by atoms with van der Waals surface area (Å²) in [6.45, 7) is 7.37. The van der Waals surface area contributed by atoms with Gasteiger partial charge in [-0.15, -0.1) is 0 Å². The van der Waals surface area contributed by atoms with E-state index in [0.29, 0.717) is 17.6 Å². The van der Waals surface area contributed by atoms with Crippen LogP contribution in [-0.4, -0.2) is 50.5 Å². The highest BCUT2D eigenvalue weighted by atomic mass is 16.6. The lowest BCUT2D eigenvalue weighted by molar-refractivity contribution is -0.186. The zero-order valence-corrected chi connectivity index (χ0v) is 20.2. The van der Waals surface area contributed by atoms with Gasteiger partial charge < -0.3 is 20.1 Å². The van der Waals surface area contributed by atoms with Gasteiger partial charge in [0, 0.05) is 29.6 Å². The van der Waals surface area contributed by atoms with Gasteiger partial charge in [-0.1, -0.05) is 63.3 Å². The predicted octanol–water partition coefficient (Wildman–Crippen LogP) is 2.75. The Morgan fingerprint density at radius 2 is 1.82 bits per heavy atom. The van der Waals surface area contributed by atoms with Crippen molar-refractivity contribution in [3.05, 3.63) is 59.2 Å². The molecule has 3 N–H and O–H groups in total. The van der Waals surface area contributed by atoms with E-state index in [9.17, 15) is 24.9 Å². The summed E-state index contributed by atoms with van der Waals surface area (Å²) < 4.78 is 6.24. The van der Waals surface area contributed by atoms with Crippen LogP contribution < -0.4 is 0 Å². The third-order valence-electron chi connectivity index (χ3n) is 9.36. The number of hydrogen-bond acceptors (Lipinski definition) is 6. The summed E-state index contributed by atoms with van der Waals surface area (Å²) in [6, 6.07) is 9.47. The standard InChI is InChI=1S/C28H34O6/c1-16-10-21-26(32,24(16)31)14-19(15-29)11-20-23-25(3,4)27(23,13-17(2)28(20,21)33)34-22(30)12-18-8-6-5-7-9-18/h5-11,17,20-21,23,29,32-33H,12-15H2,1-4H3. The number of carbonyl (C=O) groups is 2. The molecule has 1 aromatic carbocycles. The quantitative estimate of drug-likeness (QED) is 0.466. The van der Waals surface area contributed by atoms with Gasteiger partial charge in [-0.2, -0.15) is 0 Å². The van der Waals surface area contributed by atoms with Crippen LogP contribution in [-0.2, 0) is 20.7 Å². The van der Waals surface area contributed by atoms with Crippen LogP contribution in [0.3, 0.4) is 0 Å². The highest BCUT2D eigenvalue weighted by Gasteiger charge is 2.83. The number of ketones is 1. The monoisotopic (exact) mass is 466 g/mol. The van der Waals surface area contributed by atoms with Gasteiger partial charge in [0.25, 0.3) is 0 Å². The zero-order valence-electron chi connectivity index (χ0n) is 20.2. The maximum atomic E-state index is 13.0. The van der Waals surface area contributed by atoms with Gasteiger partial charge in [-0.05, 0) is 36.0 Å². The van der Waals surface area contributed by atoms with Crippen molar-refractivity contribution in [1.29, 1.82) is 0 Å². The Bertz CT molecular complexity index is 1100. The molecule has 0 aromatic heterocycles. The fourth-order valence-electron chi connectivity index (χ4n) is 7.60. The summed E-state index contributed by atoms with van der Waals surface area (Å²) in [5.74, 6) is -2.52. The van der Waals surface area contributed by atoms with Gasteiger partial charge in [0.1, 0.15) is 11.2 Å². The number of Topliss-reactive ketones (excluding diaryl/α,β-unsaturated/α-hetero) is 1. The first-order valence-electron chi connectivity index (χ1n) is 12.2. The van der Waals surface area contributed by atoms with E-state index in [2.05, 4.69) is 13.8 Å². The summed E-state index contributed by atoms with van der Waals surface area (Å²) in [6.07, 6.45) is 4.16. The van der Waals surface area contributed by atoms with Crippen molar-refractivity contribution < 1.29 is 29.6 Å². The molecule has 4 aliphatic carbocycles. The second kappa shape index (κ2) is 7.36. The van der Waals surface area contributed by atoms with Crippen molar-refractivity contribution in [1.82, 2.24) is 0 Å². The zero-order chi connectivity index (χ0) is 24.7. The van der Waals surface area contributed by atoms with Crippen LogP contribution >= 0.6 is 0 Å². The molecule has 2 saturated carbocycles. The molecule has 0 saturated heterocycles. The molecule has 0 heterocycles. The first kappa shape index (κ1) is 23.5. The topological polar surface area (TPSA) is 104 Å². The van der Waals surface area contributed by atoms with Crippen LogP contribution in [0.25, 0.3) is 0 Å². The van der Waals surface area contributed by atoms with Crippen LogP contribution in [0, 0.1) is 29.1 Å². The molecule has 182 valence electrons. The second-order valence-electron chi connectivity index (χ2n) is 11.5. The number of carbonyl (C=O) groups excluding carboxylic acids is 2. The molecule has 7 atom stereocenters. The van der Waals surface area contributed by atoms with Crippen LogP contribution in [0.4, 0.5) is 0 Å². The van der Waals surface area contributed by atoms with Gasteiger partial charge >= 0.3 is 5.97 Å². The molecular weight excluding hydrogens is 432 g/mol. The summed E-state index contributed by atoms with van der Waals surface area (Å²) in [7, 11) is 0. The minimum atomic E-state index is -1.78. The van der Waals surface area contributed by atoms with Gasteiger partial charge in [-0.25, -0.2) is 0 Å². The lowest BCUT2D eigenvalue weighted by atomic mass is 9.60. The predicted molar refractivity (Wildman–Crippen MR) is 125 cm³/mol. The third kappa shape index (κ3) is 2.91. The van der Waals surface area contributed by atoms with Crippen molar-refractivity contribution in [3.8, 4) is 0 Å². The average molecular weight is 467 g/mol. The molecule has 0 spiro atoms. The van der Waals surface area contributed by atoms with Crippen molar-refractivity contribution in [2.24, 2.45) is 29.1 Å². The Labute approximate surface area is 200 Å². The first-order chi connectivity index (χ1) is 15.9. The van der Waals surface area contributed by atoms with E-state index in [1.807, 2.05) is 43.3 Å². The Balaban J connectivity index is 1.54. The van der Waals surface area contributed by atoms with Crippen LogP contribution in [0.1, 0.15) is 46.1 Å². The molecule has 4 aliphatic rings. The molecular formula is C28H34O6. The minimum Gasteiger partial charge on any atom is -0.458 e. The van der Waals surface area contributed by atoms with Crippen molar-refractivity contribution >= 4 is 11.8 Å². The van der Waals surface area contributed by atoms with Crippen LogP contribution in [0.15, 0.2) is 53.6 Å². The van der Waals surface area contributed by atoms with Crippen molar-refractivity contribution in [2.75, 3.05) is 6.61 Å². The molecule has 0 bridgehead atoms. The number of aliphatic hydroxyl groups excluding tert-OH is 1. The van der Waals surface area contributed by atoms with E-state index in [1.54, 1.807) is 13.0 Å². The Hall–Kier alpha value is -2.28. The number of ether oxygens (including phenoxy) is 1. The van der Waals surface area contributed by atoms with Gasteiger partial charge in [0.2, 0.25) is 0 Å². The molecule has 7 unspecified atom stereocenters. The van der Waals surface area contributed by atoms with Crippen molar-refractivity contribution in [3.63, 3.8) is 0 Å². The number of fused-ring (bicyclic) bond motifs is 5. The van der Waals surface area contributed by atoms with E-state index in [0.717, 1.165) is 5.56 Å². The smallest absolute Gasteiger partial charge is 0.310 e. The highest BCUT2D eigenvalue weighted by molar-refractivity contribution is 6.04. The van der Waals surface area contributed by atoms with E-state index >= 15 is 0 Å². The first-order valence-corrected chi connectivity index (χ1v) is 12.2. The Morgan fingerprint density at radius 1 is 1.15 bits per heavy atom. The number of hydrogen-bond donors (Lipinski definition) is 3. The average Bonchev–Trinajstić information content (AvgIpc) is 3.18. The molecule has 6 heteroatoms. The Morgan fingerprint density at radius 3 is 2.47 bits per heavy atom. The highest BCUT2D eigenvalue weighted by Crippen LogP contribution is 2.76. The van der Waals surface area contributed by atoms with Crippen molar-refractivity contribution in [2.45, 2.75) is 63.8 Å². The number of esters is 1. The molecule has 1 aromatic rings. The van der Waals surface area contributed by atoms with Crippen LogP contribution in [0.5, 0.6) is 0 Å². The number of benzene rings is 1. The second-order valence-corrected chi connectivity index (χ2v) is 11.5. The third-order valence-corrected chi connectivity index (χ3v) is 9.36. The molecule has 0 amide bonds. The maximum absolute atomic E-state index is 13.0. The van der Waals surface area contributed by atoms with Gasteiger partial charge in [0.05, 0.1) is 18.6 Å². The van der Waals surface area contributed by atoms with Gasteiger partial charge in [0.15, 0.2) is 5.78 Å². The number of aliphatic hydroxyl groups is 3. The summed E-state index contributed by atoms with van der Waals surface area (Å²) >= 11 is 0. The largest absolute Gasteiger partial charge is 0.458 e. The normalized spacial score (nSPS) is 41.9. The SMILES string of the molecule is CC1=CC2C(O)(CC(CO)=CC3C4C(C)(C)C4(OC(=O)Cc4ccccc4)CC(C)C32O)C1=O. The molecule has 5 rings (SSSR count). The molecule has 34 heavy (non-hydrogen) atoms. The molecule has 0 aliphatic heterocycles. The Kier molecular flexibility index (Phi) is 5.08. The lowest BCUT2D eigenvalue weighted by Crippen LogP contribution is -2.61. The van der Waals surface area contributed by atoms with E-state index in [-0.39, 0.29) is 43.0 Å². The summed E-state index contributed by atoms with van der Waals surface area (Å²) in [5.41, 5.74) is -2.50. The van der Waals surface area contributed by atoms with E-state index in [4.69, 9.17) is 4.74 Å². The van der Waals surface area contributed by atoms with Crippen LogP contribution in [0.2, 0.25) is 0 Å².